The summed E-state index contributed by atoms with van der Waals surface area (Å²) >= 11 is 0. The minimum absolute atomic E-state index is 0.0500. The summed E-state index contributed by atoms with van der Waals surface area (Å²) in [5.41, 5.74) is 1.62. The van der Waals surface area contributed by atoms with E-state index in [0.29, 0.717) is 5.56 Å². The third-order valence-corrected chi connectivity index (χ3v) is 3.39. The maximum atomic E-state index is 12.2. The largest absolute Gasteiger partial charge is 0.297 e. The van der Waals surface area contributed by atoms with Crippen LogP contribution in [0.2, 0.25) is 0 Å². The van der Waals surface area contributed by atoms with Crippen LogP contribution in [0.1, 0.15) is 22.0 Å². The van der Waals surface area contributed by atoms with Crippen molar-refractivity contribution in [1.29, 1.82) is 0 Å². The molecule has 100 valence electrons. The number of nitrogens with zero attached hydrogens (tertiary/aromatic N) is 1. The molecule has 1 fully saturated rings. The Bertz CT molecular complexity index is 653. The van der Waals surface area contributed by atoms with E-state index in [2.05, 4.69) is 5.32 Å². The number of nitro groups is 1. The van der Waals surface area contributed by atoms with Crippen LogP contribution in [-0.4, -0.2) is 16.7 Å². The molecule has 0 amide bonds. The number of Topliss-reactive ketones (excluding diaryl/α,β-unsaturated/α-hetero) is 1. The predicted octanol–water partition coefficient (Wildman–Crippen LogP) is 2.49. The third kappa shape index (κ3) is 2.31. The molecule has 1 aliphatic rings. The van der Waals surface area contributed by atoms with Gasteiger partial charge in [0.15, 0.2) is 5.78 Å². The molecule has 2 aromatic carbocycles. The zero-order valence-electron chi connectivity index (χ0n) is 10.5. The third-order valence-electron chi connectivity index (χ3n) is 3.39. The standard InChI is InChI=1S/C15H12N2O3/c18-15(11-4-2-1-3-5-11)14-13(16-14)10-6-8-12(9-7-10)17(19)20/h1-9,13-14,16H/t13-,14+/m0/s1. The number of ketones is 1. The SMILES string of the molecule is O=C(c1ccccc1)[C@@H]1N[C@H]1c1ccc([N+](=O)[O-])cc1. The number of hydrogen-bond acceptors (Lipinski definition) is 4. The summed E-state index contributed by atoms with van der Waals surface area (Å²) in [7, 11) is 0. The van der Waals surface area contributed by atoms with Gasteiger partial charge < -0.3 is 0 Å². The summed E-state index contributed by atoms with van der Waals surface area (Å²) < 4.78 is 0. The summed E-state index contributed by atoms with van der Waals surface area (Å²) in [6.45, 7) is 0. The second-order valence-electron chi connectivity index (χ2n) is 4.70. The fraction of sp³-hybridized carbons (Fsp3) is 0.133. The number of nitrogens with one attached hydrogen (secondary N) is 1. The maximum Gasteiger partial charge on any atom is 0.269 e. The average molecular weight is 268 g/mol. The van der Waals surface area contributed by atoms with Crippen molar-refractivity contribution < 1.29 is 9.72 Å². The first kappa shape index (κ1) is 12.5. The topological polar surface area (TPSA) is 82.2 Å². The molecule has 2 aromatic rings. The van der Waals surface area contributed by atoms with Crippen LogP contribution in [0.3, 0.4) is 0 Å². The number of carbonyl (C=O) groups excluding carboxylic acids is 1. The summed E-state index contributed by atoms with van der Waals surface area (Å²) in [4.78, 5) is 22.4. The van der Waals surface area contributed by atoms with Crippen LogP contribution in [0.25, 0.3) is 0 Å². The molecule has 1 heterocycles. The zero-order chi connectivity index (χ0) is 14.1. The van der Waals surface area contributed by atoms with Gasteiger partial charge in [-0.1, -0.05) is 42.5 Å². The van der Waals surface area contributed by atoms with E-state index in [0.717, 1.165) is 5.56 Å². The van der Waals surface area contributed by atoms with E-state index in [9.17, 15) is 14.9 Å². The molecular formula is C15H12N2O3. The molecule has 1 N–H and O–H groups in total. The molecule has 0 saturated carbocycles. The second kappa shape index (κ2) is 4.86. The van der Waals surface area contributed by atoms with Gasteiger partial charge in [-0.25, -0.2) is 0 Å². The van der Waals surface area contributed by atoms with Gasteiger partial charge in [0, 0.05) is 17.7 Å². The van der Waals surface area contributed by atoms with Crippen molar-refractivity contribution in [1.82, 2.24) is 5.32 Å². The molecule has 0 radical (unpaired) electrons. The smallest absolute Gasteiger partial charge is 0.269 e. The van der Waals surface area contributed by atoms with Gasteiger partial charge in [0.25, 0.3) is 5.69 Å². The fourth-order valence-corrected chi connectivity index (χ4v) is 2.24. The number of nitro benzene ring substituents is 1. The van der Waals surface area contributed by atoms with E-state index in [4.69, 9.17) is 0 Å². The van der Waals surface area contributed by atoms with Crippen molar-refractivity contribution >= 4 is 11.5 Å². The van der Waals surface area contributed by atoms with Crippen LogP contribution in [0.15, 0.2) is 54.6 Å². The summed E-state index contributed by atoms with van der Waals surface area (Å²) in [6.07, 6.45) is 0. The lowest BCUT2D eigenvalue weighted by Crippen LogP contribution is -2.09. The normalized spacial score (nSPS) is 20.4. The lowest BCUT2D eigenvalue weighted by molar-refractivity contribution is -0.384. The Hall–Kier alpha value is -2.53. The molecule has 0 spiro atoms. The number of benzene rings is 2. The molecule has 2 atom stereocenters. The molecule has 1 saturated heterocycles. The average Bonchev–Trinajstić information content (AvgIpc) is 3.28. The Labute approximate surface area is 115 Å². The van der Waals surface area contributed by atoms with Crippen LogP contribution >= 0.6 is 0 Å². The molecule has 1 aliphatic heterocycles. The van der Waals surface area contributed by atoms with Crippen molar-refractivity contribution in [2.24, 2.45) is 0 Å². The fourth-order valence-electron chi connectivity index (χ4n) is 2.24. The van der Waals surface area contributed by atoms with E-state index >= 15 is 0 Å². The first-order valence-corrected chi connectivity index (χ1v) is 6.26. The molecule has 3 rings (SSSR count). The Morgan fingerprint density at radius 2 is 1.70 bits per heavy atom. The zero-order valence-corrected chi connectivity index (χ0v) is 10.5. The van der Waals surface area contributed by atoms with Crippen molar-refractivity contribution in [2.45, 2.75) is 12.1 Å². The number of rotatable bonds is 4. The quantitative estimate of drug-likeness (QED) is 0.399. The van der Waals surface area contributed by atoms with Crippen LogP contribution in [0, 0.1) is 10.1 Å². The van der Waals surface area contributed by atoms with Gasteiger partial charge in [-0.2, -0.15) is 0 Å². The highest BCUT2D eigenvalue weighted by atomic mass is 16.6. The predicted molar refractivity (Wildman–Crippen MR) is 73.5 cm³/mol. The molecule has 0 aromatic heterocycles. The minimum atomic E-state index is -0.434. The summed E-state index contributed by atoms with van der Waals surface area (Å²) in [6, 6.07) is 15.1. The van der Waals surface area contributed by atoms with E-state index < -0.39 is 4.92 Å². The van der Waals surface area contributed by atoms with Gasteiger partial charge >= 0.3 is 0 Å². The highest BCUT2D eigenvalue weighted by Gasteiger charge is 2.43. The maximum absolute atomic E-state index is 12.2. The first-order chi connectivity index (χ1) is 9.66. The van der Waals surface area contributed by atoms with Gasteiger partial charge in [0.05, 0.1) is 17.0 Å². The molecule has 0 bridgehead atoms. The van der Waals surface area contributed by atoms with Crippen molar-refractivity contribution in [3.8, 4) is 0 Å². The van der Waals surface area contributed by atoms with Gasteiger partial charge in [-0.3, -0.25) is 20.2 Å². The first-order valence-electron chi connectivity index (χ1n) is 6.26. The molecule has 0 aliphatic carbocycles. The molecule has 20 heavy (non-hydrogen) atoms. The molecule has 0 unspecified atom stereocenters. The van der Waals surface area contributed by atoms with Gasteiger partial charge in [0.1, 0.15) is 0 Å². The number of non-ortho nitro benzene ring substituents is 1. The highest BCUT2D eigenvalue weighted by Crippen LogP contribution is 2.32. The van der Waals surface area contributed by atoms with E-state index in [1.54, 1.807) is 24.3 Å². The van der Waals surface area contributed by atoms with Crippen LogP contribution in [0.5, 0.6) is 0 Å². The van der Waals surface area contributed by atoms with Crippen molar-refractivity contribution in [2.75, 3.05) is 0 Å². The minimum Gasteiger partial charge on any atom is -0.297 e. The number of hydrogen-bond donors (Lipinski definition) is 1. The monoisotopic (exact) mass is 268 g/mol. The Morgan fingerprint density at radius 1 is 1.05 bits per heavy atom. The van der Waals surface area contributed by atoms with Gasteiger partial charge in [-0.05, 0) is 5.56 Å². The van der Waals surface area contributed by atoms with E-state index in [1.165, 1.54) is 12.1 Å². The Balaban J connectivity index is 1.73. The summed E-state index contributed by atoms with van der Waals surface area (Å²) in [5.74, 6) is 0.0500. The Kier molecular flexibility index (Phi) is 3.04. The van der Waals surface area contributed by atoms with Crippen molar-refractivity contribution in [3.05, 3.63) is 75.8 Å². The summed E-state index contributed by atoms with van der Waals surface area (Å²) in [5, 5.41) is 13.7. The van der Waals surface area contributed by atoms with Crippen LogP contribution in [0.4, 0.5) is 5.69 Å². The Morgan fingerprint density at radius 3 is 2.30 bits per heavy atom. The van der Waals surface area contributed by atoms with E-state index in [1.807, 2.05) is 18.2 Å². The molecule has 5 heteroatoms. The second-order valence-corrected chi connectivity index (χ2v) is 4.70. The molecule has 5 nitrogen and oxygen atoms in total. The van der Waals surface area contributed by atoms with Crippen molar-refractivity contribution in [3.63, 3.8) is 0 Å². The van der Waals surface area contributed by atoms with Gasteiger partial charge in [-0.15, -0.1) is 0 Å². The lowest BCUT2D eigenvalue weighted by atomic mass is 10.0. The van der Waals surface area contributed by atoms with Crippen LogP contribution in [-0.2, 0) is 0 Å². The lowest BCUT2D eigenvalue weighted by Gasteiger charge is -1.99. The molecular weight excluding hydrogens is 256 g/mol. The van der Waals surface area contributed by atoms with Crippen LogP contribution < -0.4 is 5.32 Å². The van der Waals surface area contributed by atoms with E-state index in [-0.39, 0.29) is 23.6 Å². The highest BCUT2D eigenvalue weighted by molar-refractivity contribution is 6.02. The van der Waals surface area contributed by atoms with Gasteiger partial charge in [0.2, 0.25) is 0 Å². The number of carbonyl (C=O) groups is 1.